The Hall–Kier alpha value is -2.54. The lowest BCUT2D eigenvalue weighted by atomic mass is 10.2. The highest BCUT2D eigenvalue weighted by Crippen LogP contribution is 2.13. The van der Waals surface area contributed by atoms with Crippen LogP contribution in [-0.2, 0) is 6.54 Å². The average Bonchev–Trinajstić information content (AvgIpc) is 2.38. The molecule has 4 heteroatoms. The van der Waals surface area contributed by atoms with Crippen LogP contribution in [0.5, 0.6) is 0 Å². The van der Waals surface area contributed by atoms with Gasteiger partial charge in [0, 0.05) is 18.4 Å². The van der Waals surface area contributed by atoms with Gasteiger partial charge in [-0.2, -0.15) is 5.26 Å². The molecule has 0 atom stereocenters. The Morgan fingerprint density at radius 2 is 2.00 bits per heavy atom. The van der Waals surface area contributed by atoms with Gasteiger partial charge < -0.3 is 11.1 Å². The van der Waals surface area contributed by atoms with Crippen LogP contribution < -0.4 is 11.1 Å². The molecule has 84 valence electrons. The summed E-state index contributed by atoms with van der Waals surface area (Å²) in [6, 6.07) is 13.3. The van der Waals surface area contributed by atoms with Crippen LogP contribution in [-0.4, -0.2) is 4.98 Å². The maximum atomic E-state index is 8.88. The van der Waals surface area contributed by atoms with Crippen molar-refractivity contribution < 1.29 is 0 Å². The second kappa shape index (κ2) is 4.99. The van der Waals surface area contributed by atoms with Crippen LogP contribution in [0.4, 0.5) is 11.4 Å². The summed E-state index contributed by atoms with van der Waals surface area (Å²) in [5.74, 6) is 0. The van der Waals surface area contributed by atoms with Crippen molar-refractivity contribution in [1.82, 2.24) is 4.98 Å². The second-order valence-electron chi connectivity index (χ2n) is 3.61. The normalized spacial score (nSPS) is 9.59. The van der Waals surface area contributed by atoms with Gasteiger partial charge in [-0.1, -0.05) is 12.1 Å². The molecule has 2 aromatic rings. The standard InChI is InChI=1S/C13H12N4/c14-8-13-12(2-1-7-16-13)17-9-10-3-5-11(15)6-4-10/h1-7,17H,9,15H2. The zero-order chi connectivity index (χ0) is 12.1. The molecule has 3 N–H and O–H groups in total. The molecular formula is C13H12N4. The first-order chi connectivity index (χ1) is 8.29. The molecule has 4 nitrogen and oxygen atoms in total. The molecule has 1 aromatic heterocycles. The lowest BCUT2D eigenvalue weighted by Gasteiger charge is -2.07. The summed E-state index contributed by atoms with van der Waals surface area (Å²) in [6.45, 7) is 0.640. The van der Waals surface area contributed by atoms with E-state index in [0.717, 1.165) is 16.9 Å². The maximum absolute atomic E-state index is 8.88. The molecule has 0 unspecified atom stereocenters. The van der Waals surface area contributed by atoms with Crippen molar-refractivity contribution >= 4 is 11.4 Å². The molecule has 0 spiro atoms. The van der Waals surface area contributed by atoms with E-state index < -0.39 is 0 Å². The number of aromatic nitrogens is 1. The van der Waals surface area contributed by atoms with E-state index in [1.807, 2.05) is 36.4 Å². The second-order valence-corrected chi connectivity index (χ2v) is 3.61. The van der Waals surface area contributed by atoms with Gasteiger partial charge in [0.2, 0.25) is 0 Å². The minimum absolute atomic E-state index is 0.406. The quantitative estimate of drug-likeness (QED) is 0.783. The van der Waals surface area contributed by atoms with Gasteiger partial charge in [-0.05, 0) is 29.8 Å². The molecule has 1 heterocycles. The summed E-state index contributed by atoms with van der Waals surface area (Å²) >= 11 is 0. The summed E-state index contributed by atoms with van der Waals surface area (Å²) < 4.78 is 0. The van der Waals surface area contributed by atoms with Crippen molar-refractivity contribution in [2.24, 2.45) is 0 Å². The molecule has 0 aliphatic rings. The number of nitrogens with two attached hydrogens (primary N) is 1. The Kier molecular flexibility index (Phi) is 3.22. The largest absolute Gasteiger partial charge is 0.399 e. The van der Waals surface area contributed by atoms with Crippen LogP contribution in [0.15, 0.2) is 42.6 Å². The number of anilines is 2. The Morgan fingerprint density at radius 1 is 1.24 bits per heavy atom. The molecule has 0 aliphatic heterocycles. The third-order valence-electron chi connectivity index (χ3n) is 2.38. The Labute approximate surface area is 99.7 Å². The summed E-state index contributed by atoms with van der Waals surface area (Å²) in [6.07, 6.45) is 1.60. The van der Waals surface area contributed by atoms with Crippen molar-refractivity contribution in [3.8, 4) is 6.07 Å². The predicted molar refractivity (Wildman–Crippen MR) is 67.1 cm³/mol. The van der Waals surface area contributed by atoms with E-state index in [9.17, 15) is 0 Å². The molecule has 17 heavy (non-hydrogen) atoms. The predicted octanol–water partition coefficient (Wildman–Crippen LogP) is 2.15. The summed E-state index contributed by atoms with van der Waals surface area (Å²) in [4.78, 5) is 3.98. The van der Waals surface area contributed by atoms with Crippen molar-refractivity contribution in [3.63, 3.8) is 0 Å². The van der Waals surface area contributed by atoms with Crippen LogP contribution in [0, 0.1) is 11.3 Å². The molecule has 0 amide bonds. The van der Waals surface area contributed by atoms with Crippen molar-refractivity contribution in [2.45, 2.75) is 6.54 Å². The van der Waals surface area contributed by atoms with E-state index in [1.54, 1.807) is 12.3 Å². The molecule has 0 bridgehead atoms. The fourth-order valence-electron chi connectivity index (χ4n) is 1.47. The molecule has 0 saturated heterocycles. The highest BCUT2D eigenvalue weighted by molar-refractivity contribution is 5.53. The van der Waals surface area contributed by atoms with E-state index in [1.165, 1.54) is 0 Å². The Bertz CT molecular complexity index is 540. The van der Waals surface area contributed by atoms with E-state index in [0.29, 0.717) is 12.2 Å². The molecule has 2 rings (SSSR count). The van der Waals surface area contributed by atoms with Gasteiger partial charge in [0.05, 0.1) is 5.69 Å². The molecule has 0 saturated carbocycles. The molecular weight excluding hydrogens is 212 g/mol. The number of nitriles is 1. The van der Waals surface area contributed by atoms with Crippen LogP contribution in [0.25, 0.3) is 0 Å². The average molecular weight is 224 g/mol. The third kappa shape index (κ3) is 2.73. The van der Waals surface area contributed by atoms with Gasteiger partial charge in [-0.25, -0.2) is 4.98 Å². The monoisotopic (exact) mass is 224 g/mol. The van der Waals surface area contributed by atoms with Crippen LogP contribution in [0.3, 0.4) is 0 Å². The van der Waals surface area contributed by atoms with Crippen molar-refractivity contribution in [2.75, 3.05) is 11.1 Å². The first-order valence-electron chi connectivity index (χ1n) is 5.23. The van der Waals surface area contributed by atoms with Gasteiger partial charge in [0.1, 0.15) is 6.07 Å². The fourth-order valence-corrected chi connectivity index (χ4v) is 1.47. The highest BCUT2D eigenvalue weighted by atomic mass is 14.9. The number of benzene rings is 1. The minimum atomic E-state index is 0.406. The van der Waals surface area contributed by atoms with E-state index in [-0.39, 0.29) is 0 Å². The lowest BCUT2D eigenvalue weighted by molar-refractivity contribution is 1.13. The molecule has 0 aliphatic carbocycles. The van der Waals surface area contributed by atoms with E-state index in [4.69, 9.17) is 11.0 Å². The minimum Gasteiger partial charge on any atom is -0.399 e. The van der Waals surface area contributed by atoms with E-state index >= 15 is 0 Å². The number of rotatable bonds is 3. The zero-order valence-corrected chi connectivity index (χ0v) is 9.22. The van der Waals surface area contributed by atoms with Gasteiger partial charge in [-0.3, -0.25) is 0 Å². The van der Waals surface area contributed by atoms with Crippen molar-refractivity contribution in [1.29, 1.82) is 5.26 Å². The zero-order valence-electron chi connectivity index (χ0n) is 9.22. The van der Waals surface area contributed by atoms with Crippen LogP contribution in [0.2, 0.25) is 0 Å². The molecule has 0 fully saturated rings. The number of hydrogen-bond donors (Lipinski definition) is 2. The third-order valence-corrected chi connectivity index (χ3v) is 2.38. The smallest absolute Gasteiger partial charge is 0.163 e. The van der Waals surface area contributed by atoms with Crippen LogP contribution >= 0.6 is 0 Å². The summed E-state index contributed by atoms with van der Waals surface area (Å²) in [5.41, 5.74) is 8.60. The topological polar surface area (TPSA) is 74.7 Å². The summed E-state index contributed by atoms with van der Waals surface area (Å²) in [7, 11) is 0. The van der Waals surface area contributed by atoms with Gasteiger partial charge in [0.25, 0.3) is 0 Å². The fraction of sp³-hybridized carbons (Fsp3) is 0.0769. The number of pyridine rings is 1. The number of nitrogens with one attached hydrogen (secondary N) is 1. The van der Waals surface area contributed by atoms with Crippen molar-refractivity contribution in [3.05, 3.63) is 53.9 Å². The Morgan fingerprint density at radius 3 is 2.71 bits per heavy atom. The number of nitrogen functional groups attached to an aromatic ring is 1. The van der Waals surface area contributed by atoms with Crippen LogP contribution in [0.1, 0.15) is 11.3 Å². The SMILES string of the molecule is N#Cc1ncccc1NCc1ccc(N)cc1. The Balaban J connectivity index is 2.08. The van der Waals surface area contributed by atoms with Gasteiger partial charge >= 0.3 is 0 Å². The lowest BCUT2D eigenvalue weighted by Crippen LogP contribution is -2.02. The maximum Gasteiger partial charge on any atom is 0.163 e. The van der Waals surface area contributed by atoms with Gasteiger partial charge in [-0.15, -0.1) is 0 Å². The number of nitrogens with zero attached hydrogens (tertiary/aromatic N) is 2. The van der Waals surface area contributed by atoms with Gasteiger partial charge in [0.15, 0.2) is 5.69 Å². The molecule has 0 radical (unpaired) electrons. The first kappa shape index (κ1) is 11.0. The van der Waals surface area contributed by atoms with E-state index in [2.05, 4.69) is 10.3 Å². The number of hydrogen-bond acceptors (Lipinski definition) is 4. The first-order valence-corrected chi connectivity index (χ1v) is 5.23. The summed E-state index contributed by atoms with van der Waals surface area (Å²) in [5, 5.41) is 12.1. The highest BCUT2D eigenvalue weighted by Gasteiger charge is 2.01. The molecule has 1 aromatic carbocycles.